The minimum atomic E-state index is -0.129. The molecule has 0 unspecified atom stereocenters. The van der Waals surface area contributed by atoms with Crippen molar-refractivity contribution in [2.24, 2.45) is 11.1 Å². The summed E-state index contributed by atoms with van der Waals surface area (Å²) in [7, 11) is 1.76. The predicted molar refractivity (Wildman–Crippen MR) is 88.8 cm³/mol. The minimum absolute atomic E-state index is 0.118. The Balaban J connectivity index is 2.18. The van der Waals surface area contributed by atoms with Crippen LogP contribution in [0.2, 0.25) is 5.02 Å². The number of amides is 1. The maximum Gasteiger partial charge on any atom is 0.271 e. The average Bonchev–Trinajstić information content (AvgIpc) is 2.96. The summed E-state index contributed by atoms with van der Waals surface area (Å²) in [5.74, 6) is -0.118. The molecule has 0 saturated carbocycles. The number of hydrogen-bond donors (Lipinski definition) is 2. The highest BCUT2D eigenvalue weighted by atomic mass is 35.5. The fourth-order valence-corrected chi connectivity index (χ4v) is 2.45. The molecule has 0 bridgehead atoms. The molecule has 1 heterocycles. The zero-order valence-electron chi connectivity index (χ0n) is 13.1. The van der Waals surface area contributed by atoms with E-state index in [1.165, 1.54) is 0 Å². The lowest BCUT2D eigenvalue weighted by Crippen LogP contribution is -2.39. The third kappa shape index (κ3) is 3.67. The van der Waals surface area contributed by atoms with Gasteiger partial charge in [0.05, 0.1) is 10.7 Å². The van der Waals surface area contributed by atoms with Gasteiger partial charge in [-0.2, -0.15) is 5.10 Å². The van der Waals surface area contributed by atoms with E-state index < -0.39 is 0 Å². The van der Waals surface area contributed by atoms with Crippen LogP contribution in [0, 0.1) is 5.41 Å². The van der Waals surface area contributed by atoms with Crippen LogP contribution in [-0.2, 0) is 0 Å². The van der Waals surface area contributed by atoms with Gasteiger partial charge in [-0.1, -0.05) is 43.6 Å². The molecule has 2 rings (SSSR count). The molecular weight excluding hydrogens is 300 g/mol. The molecule has 118 valence electrons. The zero-order chi connectivity index (χ0) is 16.3. The van der Waals surface area contributed by atoms with Crippen LogP contribution in [0.25, 0.3) is 11.3 Å². The van der Waals surface area contributed by atoms with Crippen LogP contribution in [0.5, 0.6) is 0 Å². The van der Waals surface area contributed by atoms with Gasteiger partial charge >= 0.3 is 0 Å². The highest BCUT2D eigenvalue weighted by Crippen LogP contribution is 2.26. The summed E-state index contributed by atoms with van der Waals surface area (Å²) < 4.78 is 0. The maximum atomic E-state index is 12.4. The van der Waals surface area contributed by atoms with Crippen molar-refractivity contribution < 1.29 is 4.79 Å². The maximum absolute atomic E-state index is 12.4. The van der Waals surface area contributed by atoms with Gasteiger partial charge in [-0.3, -0.25) is 9.89 Å². The number of carbonyl (C=O) groups excluding carboxylic acids is 1. The molecule has 5 nitrogen and oxygen atoms in total. The average molecular weight is 321 g/mol. The van der Waals surface area contributed by atoms with Crippen molar-refractivity contribution in [2.45, 2.75) is 13.8 Å². The number of aromatic amines is 1. The lowest BCUT2D eigenvalue weighted by atomic mass is 9.93. The van der Waals surface area contributed by atoms with Crippen molar-refractivity contribution in [3.8, 4) is 11.3 Å². The van der Waals surface area contributed by atoms with Crippen LogP contribution in [0.15, 0.2) is 30.3 Å². The molecule has 0 aliphatic heterocycles. The van der Waals surface area contributed by atoms with Gasteiger partial charge in [0.1, 0.15) is 5.69 Å². The van der Waals surface area contributed by atoms with Crippen molar-refractivity contribution in [3.05, 3.63) is 41.0 Å². The molecule has 1 aromatic heterocycles. The van der Waals surface area contributed by atoms with E-state index in [9.17, 15) is 4.79 Å². The number of carbonyl (C=O) groups is 1. The summed E-state index contributed by atoms with van der Waals surface area (Å²) in [5.41, 5.74) is 7.47. The van der Waals surface area contributed by atoms with E-state index >= 15 is 0 Å². The third-order valence-electron chi connectivity index (χ3n) is 3.52. The molecule has 0 spiro atoms. The highest BCUT2D eigenvalue weighted by molar-refractivity contribution is 6.33. The first kappa shape index (κ1) is 16.5. The molecule has 1 amide bonds. The Bertz CT molecular complexity index is 666. The molecule has 2 aromatic rings. The molecule has 6 heteroatoms. The first-order valence-corrected chi connectivity index (χ1v) is 7.48. The number of aromatic nitrogens is 2. The lowest BCUT2D eigenvalue weighted by molar-refractivity contribution is 0.0734. The van der Waals surface area contributed by atoms with Crippen molar-refractivity contribution in [3.63, 3.8) is 0 Å². The van der Waals surface area contributed by atoms with E-state index in [0.717, 1.165) is 5.56 Å². The predicted octanol–water partition coefficient (Wildman–Crippen LogP) is 2.79. The lowest BCUT2D eigenvalue weighted by Gasteiger charge is -2.28. The first-order valence-electron chi connectivity index (χ1n) is 7.10. The van der Waals surface area contributed by atoms with Gasteiger partial charge < -0.3 is 10.6 Å². The Hall–Kier alpha value is -1.85. The summed E-state index contributed by atoms with van der Waals surface area (Å²) in [6.07, 6.45) is 0. The molecule has 0 aliphatic rings. The summed E-state index contributed by atoms with van der Waals surface area (Å²) >= 11 is 6.15. The number of benzene rings is 1. The molecule has 0 fully saturated rings. The topological polar surface area (TPSA) is 75.0 Å². The van der Waals surface area contributed by atoms with Crippen LogP contribution >= 0.6 is 11.6 Å². The van der Waals surface area contributed by atoms with E-state index in [-0.39, 0.29) is 11.3 Å². The van der Waals surface area contributed by atoms with Crippen molar-refractivity contribution in [1.29, 1.82) is 0 Å². The molecule has 22 heavy (non-hydrogen) atoms. The minimum Gasteiger partial charge on any atom is -0.340 e. The Morgan fingerprint density at radius 1 is 1.41 bits per heavy atom. The van der Waals surface area contributed by atoms with Crippen LogP contribution < -0.4 is 5.73 Å². The van der Waals surface area contributed by atoms with Crippen molar-refractivity contribution in [2.75, 3.05) is 20.1 Å². The first-order chi connectivity index (χ1) is 10.3. The number of H-pyrrole nitrogens is 1. The molecular formula is C16H21ClN4O. The largest absolute Gasteiger partial charge is 0.340 e. The van der Waals surface area contributed by atoms with Gasteiger partial charge in [0.2, 0.25) is 0 Å². The normalized spacial score (nSPS) is 11.5. The summed E-state index contributed by atoms with van der Waals surface area (Å²) in [6.45, 7) is 5.14. The van der Waals surface area contributed by atoms with Crippen LogP contribution in [0.4, 0.5) is 0 Å². The standard InChI is InChI=1S/C16H21ClN4O/c1-16(2,9-18)10-21(3)15(22)14-8-13(19-20-14)11-6-4-5-7-12(11)17/h4-8H,9-10,18H2,1-3H3,(H,19,20). The molecule has 1 aromatic carbocycles. The van der Waals surface area contributed by atoms with Gasteiger partial charge in [-0.05, 0) is 24.1 Å². The van der Waals surface area contributed by atoms with Gasteiger partial charge in [0.25, 0.3) is 5.91 Å². The number of rotatable bonds is 5. The molecule has 0 saturated heterocycles. The van der Waals surface area contributed by atoms with Crippen LogP contribution in [0.3, 0.4) is 0 Å². The number of nitrogens with one attached hydrogen (secondary N) is 1. The van der Waals surface area contributed by atoms with Gasteiger partial charge in [0, 0.05) is 19.2 Å². The quantitative estimate of drug-likeness (QED) is 0.889. The third-order valence-corrected chi connectivity index (χ3v) is 3.85. The number of halogens is 1. The fraction of sp³-hybridized carbons (Fsp3) is 0.375. The molecule has 0 atom stereocenters. The summed E-state index contributed by atoms with van der Waals surface area (Å²) in [6, 6.07) is 9.12. The van der Waals surface area contributed by atoms with E-state index in [0.29, 0.717) is 29.5 Å². The van der Waals surface area contributed by atoms with E-state index in [4.69, 9.17) is 17.3 Å². The van der Waals surface area contributed by atoms with E-state index in [1.807, 2.05) is 32.0 Å². The van der Waals surface area contributed by atoms with E-state index in [1.54, 1.807) is 24.1 Å². The zero-order valence-corrected chi connectivity index (χ0v) is 13.8. The number of hydrogen-bond acceptors (Lipinski definition) is 3. The highest BCUT2D eigenvalue weighted by Gasteiger charge is 2.23. The number of nitrogens with zero attached hydrogens (tertiary/aromatic N) is 2. The van der Waals surface area contributed by atoms with Gasteiger partial charge in [-0.25, -0.2) is 0 Å². The number of nitrogens with two attached hydrogens (primary N) is 1. The molecule has 0 aliphatic carbocycles. The Labute approximate surface area is 135 Å². The second kappa shape index (κ2) is 6.50. The summed E-state index contributed by atoms with van der Waals surface area (Å²) in [5, 5.41) is 7.57. The van der Waals surface area contributed by atoms with Gasteiger partial charge in [-0.15, -0.1) is 0 Å². The Morgan fingerprint density at radius 3 is 2.73 bits per heavy atom. The Kier molecular flexibility index (Phi) is 4.88. The van der Waals surface area contributed by atoms with Crippen molar-refractivity contribution >= 4 is 17.5 Å². The van der Waals surface area contributed by atoms with Crippen LogP contribution in [-0.4, -0.2) is 41.1 Å². The van der Waals surface area contributed by atoms with E-state index in [2.05, 4.69) is 10.2 Å². The summed E-state index contributed by atoms with van der Waals surface area (Å²) in [4.78, 5) is 14.1. The van der Waals surface area contributed by atoms with Crippen LogP contribution in [0.1, 0.15) is 24.3 Å². The second-order valence-electron chi connectivity index (χ2n) is 6.18. The van der Waals surface area contributed by atoms with Crippen molar-refractivity contribution in [1.82, 2.24) is 15.1 Å². The Morgan fingerprint density at radius 2 is 2.09 bits per heavy atom. The smallest absolute Gasteiger partial charge is 0.271 e. The van der Waals surface area contributed by atoms with Gasteiger partial charge in [0.15, 0.2) is 0 Å². The molecule has 3 N–H and O–H groups in total. The molecule has 0 radical (unpaired) electrons. The monoisotopic (exact) mass is 320 g/mol. The fourth-order valence-electron chi connectivity index (χ4n) is 2.22. The SMILES string of the molecule is CN(CC(C)(C)CN)C(=O)c1cc(-c2ccccc2Cl)n[nH]1. The second-order valence-corrected chi connectivity index (χ2v) is 6.58.